The molecule has 9 heteroatoms. The predicted molar refractivity (Wildman–Crippen MR) is 141 cm³/mol. The molecule has 0 spiro atoms. The van der Waals surface area contributed by atoms with Gasteiger partial charge in [0.25, 0.3) is 0 Å². The van der Waals surface area contributed by atoms with Crippen molar-refractivity contribution in [2.45, 2.75) is 19.0 Å². The van der Waals surface area contributed by atoms with E-state index in [2.05, 4.69) is 56.7 Å². The molecule has 35 heavy (non-hydrogen) atoms. The van der Waals surface area contributed by atoms with E-state index in [0.717, 1.165) is 27.4 Å². The van der Waals surface area contributed by atoms with Gasteiger partial charge in [0.05, 0.1) is 11.4 Å². The van der Waals surface area contributed by atoms with Crippen LogP contribution in [0.25, 0.3) is 28.3 Å². The number of para-hydroxylation sites is 1. The van der Waals surface area contributed by atoms with Crippen LogP contribution in [0, 0.1) is 13.8 Å². The van der Waals surface area contributed by atoms with Crippen LogP contribution in [0.4, 0.5) is 5.13 Å². The molecule has 2 aromatic carbocycles. The van der Waals surface area contributed by atoms with Crippen LogP contribution in [0.15, 0.2) is 84.3 Å². The SMILES string of the molecule is Cc1ccc(-c2nc(NC(=O)CSc3nnc(-c4cccnc4)n3-c3ccccc3)sc2C)cc1. The van der Waals surface area contributed by atoms with E-state index >= 15 is 0 Å². The predicted octanol–water partition coefficient (Wildman–Crippen LogP) is 5.80. The molecule has 0 saturated carbocycles. The zero-order valence-electron chi connectivity index (χ0n) is 19.2. The van der Waals surface area contributed by atoms with Crippen LogP contribution in [0.5, 0.6) is 0 Å². The number of hydrogen-bond acceptors (Lipinski definition) is 7. The van der Waals surface area contributed by atoms with Gasteiger partial charge in [-0.2, -0.15) is 0 Å². The van der Waals surface area contributed by atoms with Gasteiger partial charge in [0, 0.05) is 34.1 Å². The molecule has 5 rings (SSSR count). The maximum atomic E-state index is 12.8. The van der Waals surface area contributed by atoms with Gasteiger partial charge in [-0.1, -0.05) is 59.8 Å². The first-order chi connectivity index (χ1) is 17.1. The number of nitrogens with one attached hydrogen (secondary N) is 1. The Morgan fingerprint density at radius 2 is 1.77 bits per heavy atom. The second-order valence-corrected chi connectivity index (χ2v) is 9.99. The zero-order valence-corrected chi connectivity index (χ0v) is 20.8. The van der Waals surface area contributed by atoms with Crippen LogP contribution in [-0.4, -0.2) is 36.4 Å². The average molecular weight is 499 g/mol. The Bertz CT molecular complexity index is 1450. The molecular weight excluding hydrogens is 476 g/mol. The quantitative estimate of drug-likeness (QED) is 0.286. The molecule has 3 aromatic heterocycles. The second kappa shape index (κ2) is 10.2. The highest BCUT2D eigenvalue weighted by Crippen LogP contribution is 2.31. The lowest BCUT2D eigenvalue weighted by atomic mass is 10.1. The molecule has 1 amide bonds. The van der Waals surface area contributed by atoms with Gasteiger partial charge >= 0.3 is 0 Å². The van der Waals surface area contributed by atoms with Crippen molar-refractivity contribution in [3.8, 4) is 28.3 Å². The molecule has 174 valence electrons. The first kappa shape index (κ1) is 22.9. The molecule has 0 aliphatic carbocycles. The highest BCUT2D eigenvalue weighted by molar-refractivity contribution is 7.99. The molecule has 3 heterocycles. The van der Waals surface area contributed by atoms with Crippen molar-refractivity contribution in [2.24, 2.45) is 0 Å². The van der Waals surface area contributed by atoms with Gasteiger partial charge in [0.2, 0.25) is 5.91 Å². The van der Waals surface area contributed by atoms with Gasteiger partial charge in [0.1, 0.15) is 0 Å². The third kappa shape index (κ3) is 5.16. The van der Waals surface area contributed by atoms with Crippen molar-refractivity contribution >= 4 is 34.1 Å². The molecule has 0 atom stereocenters. The van der Waals surface area contributed by atoms with E-state index in [4.69, 9.17) is 0 Å². The molecule has 0 unspecified atom stereocenters. The molecule has 0 aliphatic rings. The topological polar surface area (TPSA) is 85.6 Å². The third-order valence-corrected chi connectivity index (χ3v) is 7.08. The summed E-state index contributed by atoms with van der Waals surface area (Å²) in [5, 5.41) is 12.9. The summed E-state index contributed by atoms with van der Waals surface area (Å²) in [4.78, 5) is 22.7. The van der Waals surface area contributed by atoms with E-state index in [9.17, 15) is 4.79 Å². The lowest BCUT2D eigenvalue weighted by Crippen LogP contribution is -2.14. The molecule has 0 fully saturated rings. The minimum Gasteiger partial charge on any atom is -0.301 e. The normalized spacial score (nSPS) is 10.9. The number of aromatic nitrogens is 5. The van der Waals surface area contributed by atoms with E-state index in [0.29, 0.717) is 16.1 Å². The van der Waals surface area contributed by atoms with Gasteiger partial charge in [-0.15, -0.1) is 21.5 Å². The van der Waals surface area contributed by atoms with Gasteiger partial charge in [-0.05, 0) is 38.1 Å². The Labute approximate surface area is 211 Å². The van der Waals surface area contributed by atoms with Gasteiger partial charge in [-0.25, -0.2) is 4.98 Å². The van der Waals surface area contributed by atoms with Crippen molar-refractivity contribution in [1.29, 1.82) is 0 Å². The largest absolute Gasteiger partial charge is 0.301 e. The summed E-state index contributed by atoms with van der Waals surface area (Å²) in [6.45, 7) is 4.07. The molecular formula is C26H22N6OS2. The number of carbonyl (C=O) groups excluding carboxylic acids is 1. The number of carbonyl (C=O) groups is 1. The summed E-state index contributed by atoms with van der Waals surface area (Å²) in [6, 6.07) is 21.9. The Hall–Kier alpha value is -3.82. The number of amides is 1. The van der Waals surface area contributed by atoms with E-state index in [1.54, 1.807) is 12.4 Å². The van der Waals surface area contributed by atoms with Crippen molar-refractivity contribution in [2.75, 3.05) is 11.1 Å². The lowest BCUT2D eigenvalue weighted by molar-refractivity contribution is -0.113. The standard InChI is InChI=1S/C26H22N6OS2/c1-17-10-12-19(13-11-17)23-18(2)35-25(29-23)28-22(33)16-34-26-31-30-24(20-7-6-14-27-15-20)32(26)21-8-4-3-5-9-21/h3-15H,16H2,1-2H3,(H,28,29,33). The molecule has 0 bridgehead atoms. The summed E-state index contributed by atoms with van der Waals surface area (Å²) in [6.07, 6.45) is 3.47. The van der Waals surface area contributed by atoms with Gasteiger partial charge in [0.15, 0.2) is 16.1 Å². The molecule has 1 N–H and O–H groups in total. The Morgan fingerprint density at radius 1 is 0.971 bits per heavy atom. The summed E-state index contributed by atoms with van der Waals surface area (Å²) < 4.78 is 1.94. The fraction of sp³-hybridized carbons (Fsp3) is 0.115. The summed E-state index contributed by atoms with van der Waals surface area (Å²) in [7, 11) is 0. The second-order valence-electron chi connectivity index (χ2n) is 7.85. The number of pyridine rings is 1. The minimum absolute atomic E-state index is 0.148. The number of anilines is 1. The van der Waals surface area contributed by atoms with Crippen LogP contribution in [-0.2, 0) is 4.79 Å². The number of thiazole rings is 1. The highest BCUT2D eigenvalue weighted by Gasteiger charge is 2.18. The summed E-state index contributed by atoms with van der Waals surface area (Å²) in [5.74, 6) is 0.700. The molecule has 0 radical (unpaired) electrons. The number of nitrogens with zero attached hydrogens (tertiary/aromatic N) is 5. The average Bonchev–Trinajstić information content (AvgIpc) is 3.47. The van der Waals surface area contributed by atoms with E-state index in [-0.39, 0.29) is 11.7 Å². The summed E-state index contributed by atoms with van der Waals surface area (Å²) >= 11 is 2.80. The van der Waals surface area contributed by atoms with Crippen LogP contribution in [0.3, 0.4) is 0 Å². The first-order valence-corrected chi connectivity index (χ1v) is 12.8. The van der Waals surface area contributed by atoms with Crippen LogP contribution in [0.2, 0.25) is 0 Å². The van der Waals surface area contributed by atoms with E-state index in [1.807, 2.05) is 54.0 Å². The molecule has 0 aliphatic heterocycles. The highest BCUT2D eigenvalue weighted by atomic mass is 32.2. The van der Waals surface area contributed by atoms with Gasteiger partial charge < -0.3 is 5.32 Å². The maximum absolute atomic E-state index is 12.8. The van der Waals surface area contributed by atoms with Gasteiger partial charge in [-0.3, -0.25) is 14.3 Å². The van der Waals surface area contributed by atoms with E-state index < -0.39 is 0 Å². The van der Waals surface area contributed by atoms with Crippen LogP contribution < -0.4 is 5.32 Å². The zero-order chi connectivity index (χ0) is 24.2. The Kier molecular flexibility index (Phi) is 6.69. The van der Waals surface area contributed by atoms with Crippen LogP contribution >= 0.6 is 23.1 Å². The van der Waals surface area contributed by atoms with Crippen molar-refractivity contribution < 1.29 is 4.79 Å². The van der Waals surface area contributed by atoms with Crippen molar-refractivity contribution in [3.63, 3.8) is 0 Å². The number of benzene rings is 2. The minimum atomic E-state index is -0.148. The fourth-order valence-electron chi connectivity index (χ4n) is 3.57. The maximum Gasteiger partial charge on any atom is 0.236 e. The molecule has 0 saturated heterocycles. The number of thioether (sulfide) groups is 1. The monoisotopic (exact) mass is 498 g/mol. The van der Waals surface area contributed by atoms with Crippen molar-refractivity contribution in [1.82, 2.24) is 24.7 Å². The van der Waals surface area contributed by atoms with Crippen molar-refractivity contribution in [3.05, 3.63) is 89.6 Å². The van der Waals surface area contributed by atoms with Crippen LogP contribution in [0.1, 0.15) is 10.4 Å². The van der Waals surface area contributed by atoms with E-state index in [1.165, 1.54) is 28.7 Å². The number of rotatable bonds is 7. The fourth-order valence-corrected chi connectivity index (χ4v) is 5.17. The Balaban J connectivity index is 1.33. The smallest absolute Gasteiger partial charge is 0.236 e. The summed E-state index contributed by atoms with van der Waals surface area (Å²) in [5.41, 5.74) is 4.89. The number of aryl methyl sites for hydroxylation is 2. The Morgan fingerprint density at radius 3 is 2.51 bits per heavy atom. The molecule has 7 nitrogen and oxygen atoms in total. The molecule has 5 aromatic rings. The lowest BCUT2D eigenvalue weighted by Gasteiger charge is -2.10. The third-order valence-electron chi connectivity index (χ3n) is 5.27. The first-order valence-electron chi connectivity index (χ1n) is 11.0. The number of hydrogen-bond donors (Lipinski definition) is 1.